The molecule has 17 heavy (non-hydrogen) atoms. The van der Waals surface area contributed by atoms with Gasteiger partial charge in [0.2, 0.25) is 5.91 Å². The molecule has 96 valence electrons. The van der Waals surface area contributed by atoms with Crippen LogP contribution in [0.15, 0.2) is 0 Å². The van der Waals surface area contributed by atoms with Crippen LogP contribution < -0.4 is 5.32 Å². The van der Waals surface area contributed by atoms with Gasteiger partial charge in [-0.25, -0.2) is 4.79 Å². The van der Waals surface area contributed by atoms with Crippen molar-refractivity contribution in [3.05, 3.63) is 0 Å². The van der Waals surface area contributed by atoms with Gasteiger partial charge < -0.3 is 15.3 Å². The topological polar surface area (TPSA) is 69.6 Å². The molecule has 0 aromatic rings. The Kier molecular flexibility index (Phi) is 3.99. The van der Waals surface area contributed by atoms with Crippen LogP contribution in [-0.2, 0) is 9.59 Å². The molecule has 2 fully saturated rings. The minimum Gasteiger partial charge on any atom is -0.480 e. The fraction of sp³-hybridized carbons (Fsp3) is 0.833. The van der Waals surface area contributed by atoms with E-state index in [-0.39, 0.29) is 11.8 Å². The highest BCUT2D eigenvalue weighted by molar-refractivity contribution is 5.85. The lowest BCUT2D eigenvalue weighted by atomic mass is 9.93. The highest BCUT2D eigenvalue weighted by Gasteiger charge is 2.35. The van der Waals surface area contributed by atoms with Gasteiger partial charge in [-0.3, -0.25) is 4.79 Å². The van der Waals surface area contributed by atoms with Crippen molar-refractivity contribution in [2.24, 2.45) is 5.92 Å². The summed E-state index contributed by atoms with van der Waals surface area (Å²) in [5, 5.41) is 12.4. The fourth-order valence-corrected chi connectivity index (χ4v) is 2.76. The Bertz CT molecular complexity index is 300. The van der Waals surface area contributed by atoms with Gasteiger partial charge >= 0.3 is 5.97 Å². The van der Waals surface area contributed by atoms with E-state index >= 15 is 0 Å². The van der Waals surface area contributed by atoms with Crippen LogP contribution in [-0.4, -0.2) is 47.6 Å². The molecule has 1 amide bonds. The zero-order valence-corrected chi connectivity index (χ0v) is 10.0. The molecule has 0 bridgehead atoms. The van der Waals surface area contributed by atoms with E-state index < -0.39 is 12.0 Å². The molecular weight excluding hydrogens is 220 g/mol. The lowest BCUT2D eigenvalue weighted by Gasteiger charge is -2.36. The van der Waals surface area contributed by atoms with E-state index in [2.05, 4.69) is 5.32 Å². The zero-order valence-electron chi connectivity index (χ0n) is 10.0. The van der Waals surface area contributed by atoms with Crippen LogP contribution in [0.3, 0.4) is 0 Å². The van der Waals surface area contributed by atoms with Crippen molar-refractivity contribution in [2.75, 3.05) is 19.6 Å². The summed E-state index contributed by atoms with van der Waals surface area (Å²) in [5.74, 6) is -0.776. The Morgan fingerprint density at radius 3 is 2.47 bits per heavy atom. The van der Waals surface area contributed by atoms with Gasteiger partial charge in [-0.2, -0.15) is 0 Å². The molecule has 0 aromatic carbocycles. The highest BCUT2D eigenvalue weighted by atomic mass is 16.4. The molecule has 1 atom stereocenters. The molecular formula is C12H20N2O3. The summed E-state index contributed by atoms with van der Waals surface area (Å²) < 4.78 is 0. The molecule has 5 nitrogen and oxygen atoms in total. The normalized spacial score (nSPS) is 26.8. The van der Waals surface area contributed by atoms with Crippen LogP contribution in [0.5, 0.6) is 0 Å². The lowest BCUT2D eigenvalue weighted by molar-refractivity contribution is -0.154. The number of rotatable bonds is 2. The van der Waals surface area contributed by atoms with Crippen LogP contribution in [0.2, 0.25) is 0 Å². The Morgan fingerprint density at radius 2 is 1.82 bits per heavy atom. The van der Waals surface area contributed by atoms with Crippen LogP contribution >= 0.6 is 0 Å². The van der Waals surface area contributed by atoms with Crippen molar-refractivity contribution in [3.8, 4) is 0 Å². The van der Waals surface area contributed by atoms with E-state index in [4.69, 9.17) is 5.11 Å². The van der Waals surface area contributed by atoms with Gasteiger partial charge in [-0.1, -0.05) is 0 Å². The van der Waals surface area contributed by atoms with Crippen LogP contribution in [0.4, 0.5) is 0 Å². The largest absolute Gasteiger partial charge is 0.480 e. The summed E-state index contributed by atoms with van der Waals surface area (Å²) >= 11 is 0. The van der Waals surface area contributed by atoms with E-state index in [1.165, 1.54) is 0 Å². The SMILES string of the molecule is O=C(O)[C@H]1CCCCN1C(=O)C1CCNCC1. The first kappa shape index (κ1) is 12.4. The molecule has 2 saturated heterocycles. The Hall–Kier alpha value is -1.10. The summed E-state index contributed by atoms with van der Waals surface area (Å²) in [7, 11) is 0. The predicted octanol–water partition coefficient (Wildman–Crippen LogP) is 0.452. The van der Waals surface area contributed by atoms with Crippen molar-refractivity contribution in [3.63, 3.8) is 0 Å². The maximum absolute atomic E-state index is 12.3. The summed E-state index contributed by atoms with van der Waals surface area (Å²) in [6, 6.07) is -0.592. The number of aliphatic carboxylic acids is 1. The fourth-order valence-electron chi connectivity index (χ4n) is 2.76. The number of carbonyl (C=O) groups excluding carboxylic acids is 1. The molecule has 0 saturated carbocycles. The molecule has 0 unspecified atom stereocenters. The Morgan fingerprint density at radius 1 is 1.12 bits per heavy atom. The quantitative estimate of drug-likeness (QED) is 0.735. The van der Waals surface area contributed by atoms with E-state index in [1.54, 1.807) is 4.90 Å². The highest BCUT2D eigenvalue weighted by Crippen LogP contribution is 2.23. The monoisotopic (exact) mass is 240 g/mol. The second kappa shape index (κ2) is 5.49. The minimum absolute atomic E-state index is 0.0243. The number of likely N-dealkylation sites (tertiary alicyclic amines) is 1. The van der Waals surface area contributed by atoms with Gasteiger partial charge in [0.1, 0.15) is 6.04 Å². The van der Waals surface area contributed by atoms with Gasteiger partial charge in [0.15, 0.2) is 0 Å². The first-order valence-corrected chi connectivity index (χ1v) is 6.44. The zero-order chi connectivity index (χ0) is 12.3. The molecule has 2 rings (SSSR count). The number of carboxylic acids is 1. The van der Waals surface area contributed by atoms with E-state index in [0.29, 0.717) is 13.0 Å². The first-order chi connectivity index (χ1) is 8.20. The van der Waals surface area contributed by atoms with Crippen molar-refractivity contribution >= 4 is 11.9 Å². The van der Waals surface area contributed by atoms with Crippen molar-refractivity contribution < 1.29 is 14.7 Å². The summed E-state index contributed by atoms with van der Waals surface area (Å²) in [5.41, 5.74) is 0. The molecule has 0 spiro atoms. The maximum Gasteiger partial charge on any atom is 0.326 e. The Balaban J connectivity index is 2.02. The molecule has 2 heterocycles. The van der Waals surface area contributed by atoms with E-state index in [1.807, 2.05) is 0 Å². The minimum atomic E-state index is -0.855. The molecule has 0 radical (unpaired) electrons. The number of carbonyl (C=O) groups is 2. The summed E-state index contributed by atoms with van der Waals surface area (Å²) in [6.07, 6.45) is 4.11. The molecule has 5 heteroatoms. The van der Waals surface area contributed by atoms with Gasteiger partial charge in [0, 0.05) is 12.5 Å². The molecule has 2 aliphatic rings. The number of amides is 1. The smallest absolute Gasteiger partial charge is 0.326 e. The van der Waals surface area contributed by atoms with Gasteiger partial charge in [-0.15, -0.1) is 0 Å². The van der Waals surface area contributed by atoms with Crippen molar-refractivity contribution in [2.45, 2.75) is 38.1 Å². The number of hydrogen-bond acceptors (Lipinski definition) is 3. The lowest BCUT2D eigenvalue weighted by Crippen LogP contribution is -2.51. The van der Waals surface area contributed by atoms with Crippen LogP contribution in [0.1, 0.15) is 32.1 Å². The van der Waals surface area contributed by atoms with Crippen LogP contribution in [0.25, 0.3) is 0 Å². The molecule has 2 aliphatic heterocycles. The third kappa shape index (κ3) is 2.77. The second-order valence-electron chi connectivity index (χ2n) is 4.91. The molecule has 0 aromatic heterocycles. The number of hydrogen-bond donors (Lipinski definition) is 2. The Labute approximate surface area is 101 Å². The molecule has 0 aliphatic carbocycles. The maximum atomic E-state index is 12.3. The second-order valence-corrected chi connectivity index (χ2v) is 4.91. The number of nitrogens with one attached hydrogen (secondary N) is 1. The summed E-state index contributed by atoms with van der Waals surface area (Å²) in [4.78, 5) is 25.0. The van der Waals surface area contributed by atoms with Crippen LogP contribution in [0, 0.1) is 5.92 Å². The average Bonchev–Trinajstić information content (AvgIpc) is 2.39. The molecule has 2 N–H and O–H groups in total. The predicted molar refractivity (Wildman–Crippen MR) is 62.6 cm³/mol. The third-order valence-corrected chi connectivity index (χ3v) is 3.76. The van der Waals surface area contributed by atoms with Gasteiger partial charge in [0.25, 0.3) is 0 Å². The van der Waals surface area contributed by atoms with E-state index in [9.17, 15) is 9.59 Å². The van der Waals surface area contributed by atoms with Crippen molar-refractivity contribution in [1.29, 1.82) is 0 Å². The third-order valence-electron chi connectivity index (χ3n) is 3.76. The summed E-state index contributed by atoms with van der Waals surface area (Å²) in [6.45, 7) is 2.34. The average molecular weight is 240 g/mol. The first-order valence-electron chi connectivity index (χ1n) is 6.44. The van der Waals surface area contributed by atoms with Gasteiger partial charge in [-0.05, 0) is 45.2 Å². The van der Waals surface area contributed by atoms with Gasteiger partial charge in [0.05, 0.1) is 0 Å². The number of nitrogens with zero attached hydrogens (tertiary/aromatic N) is 1. The van der Waals surface area contributed by atoms with Crippen molar-refractivity contribution in [1.82, 2.24) is 10.2 Å². The number of piperidine rings is 2. The standard InChI is InChI=1S/C12H20N2O3/c15-11(9-4-6-13-7-5-9)14-8-2-1-3-10(14)12(16)17/h9-10,13H,1-8H2,(H,16,17)/t10-/m1/s1. The number of carboxylic acid groups (broad SMARTS) is 1. The van der Waals surface area contributed by atoms with E-state index in [0.717, 1.165) is 38.8 Å².